The fourth-order valence-electron chi connectivity index (χ4n) is 14.8. The molecule has 0 saturated heterocycles. The lowest BCUT2D eigenvalue weighted by Gasteiger charge is -2.66. The van der Waals surface area contributed by atoms with E-state index in [-0.39, 0.29) is 11.8 Å². The van der Waals surface area contributed by atoms with Crippen molar-refractivity contribution in [3.8, 4) is 12.1 Å². The van der Waals surface area contributed by atoms with E-state index in [9.17, 15) is 10.5 Å². The SMILES string of the molecule is CC1CCC(N(C2CCC(C#N)CC2)C2C3CCC(C(C)(C)C)CC3C(N(C3CCC(C)CC3)C3CCC(C#N)CC3)C3CCC(C(C)(C)C)CC32)CC1. The Hall–Kier alpha value is -1.10. The molecular weight excluding hydrogens is 657 g/mol. The van der Waals surface area contributed by atoms with Crippen LogP contribution in [0.2, 0.25) is 0 Å². The zero-order valence-corrected chi connectivity index (χ0v) is 36.6. The van der Waals surface area contributed by atoms with Crippen LogP contribution < -0.4 is 0 Å². The molecule has 7 saturated carbocycles. The van der Waals surface area contributed by atoms with Crippen LogP contribution in [0.3, 0.4) is 0 Å². The average Bonchev–Trinajstić information content (AvgIpc) is 3.16. The van der Waals surface area contributed by atoms with E-state index >= 15 is 0 Å². The van der Waals surface area contributed by atoms with Crippen LogP contribution >= 0.6 is 0 Å². The highest BCUT2D eigenvalue weighted by Gasteiger charge is 2.60. The van der Waals surface area contributed by atoms with Crippen molar-refractivity contribution in [1.82, 2.24) is 9.80 Å². The summed E-state index contributed by atoms with van der Waals surface area (Å²) in [5, 5.41) is 20.0. The fraction of sp³-hybridized carbons (Fsp3) is 0.960. The summed E-state index contributed by atoms with van der Waals surface area (Å²) in [5.41, 5.74) is 0.715. The van der Waals surface area contributed by atoms with E-state index in [4.69, 9.17) is 0 Å². The molecule has 0 spiro atoms. The Morgan fingerprint density at radius 3 is 0.963 bits per heavy atom. The van der Waals surface area contributed by atoms with Crippen molar-refractivity contribution < 1.29 is 0 Å². The van der Waals surface area contributed by atoms with E-state index in [1.807, 2.05) is 0 Å². The van der Waals surface area contributed by atoms with E-state index in [1.54, 1.807) is 0 Å². The van der Waals surface area contributed by atoms with E-state index in [1.165, 1.54) is 116 Å². The topological polar surface area (TPSA) is 54.1 Å². The predicted octanol–water partition coefficient (Wildman–Crippen LogP) is 12.8. The maximum atomic E-state index is 10.0. The fourth-order valence-corrected chi connectivity index (χ4v) is 14.8. The maximum absolute atomic E-state index is 10.0. The van der Waals surface area contributed by atoms with Gasteiger partial charge in [-0.15, -0.1) is 0 Å². The minimum atomic E-state index is 0.274. The molecule has 7 aliphatic rings. The van der Waals surface area contributed by atoms with Gasteiger partial charge in [-0.05, 0) is 199 Å². The first-order chi connectivity index (χ1) is 25.8. The Bertz CT molecular complexity index is 1180. The molecule has 0 amide bonds. The number of nitrogens with zero attached hydrogens (tertiary/aromatic N) is 4. The van der Waals surface area contributed by atoms with Gasteiger partial charge in [0.15, 0.2) is 0 Å². The van der Waals surface area contributed by atoms with Gasteiger partial charge in [-0.1, -0.05) is 55.4 Å². The number of fused-ring (bicyclic) bond motifs is 2. The van der Waals surface area contributed by atoms with Crippen molar-refractivity contribution in [3.05, 3.63) is 0 Å². The second-order valence-electron chi connectivity index (χ2n) is 23.4. The normalized spacial score (nSPS) is 45.2. The quantitative estimate of drug-likeness (QED) is 0.272. The van der Waals surface area contributed by atoms with Crippen molar-refractivity contribution in [2.24, 2.45) is 70.0 Å². The summed E-state index contributed by atoms with van der Waals surface area (Å²) in [6.07, 6.45) is 29.3. The minimum absolute atomic E-state index is 0.274. The molecule has 0 bridgehead atoms. The zero-order chi connectivity index (χ0) is 38.4. The van der Waals surface area contributed by atoms with E-state index in [0.29, 0.717) is 35.0 Å². The van der Waals surface area contributed by atoms with Crippen molar-refractivity contribution in [1.29, 1.82) is 10.5 Å². The molecule has 0 aromatic heterocycles. The first-order valence-electron chi connectivity index (χ1n) is 24.1. The monoisotopic (exact) mass is 741 g/mol. The van der Waals surface area contributed by atoms with Gasteiger partial charge in [-0.25, -0.2) is 0 Å². The molecule has 0 aromatic carbocycles. The number of nitriles is 2. The molecule has 8 unspecified atom stereocenters. The van der Waals surface area contributed by atoms with Crippen LogP contribution in [-0.4, -0.2) is 46.1 Å². The highest BCUT2D eigenvalue weighted by molar-refractivity contribution is 5.13. The van der Waals surface area contributed by atoms with Gasteiger partial charge in [-0.3, -0.25) is 9.80 Å². The van der Waals surface area contributed by atoms with E-state index in [2.05, 4.69) is 77.3 Å². The standard InChI is InChI=1S/C50H84N4/c1-33-9-19-39(20-10-33)53(41-23-13-35(31-51)14-24-41)47-43-27-17-38(50(6,7)8)30-46(43)48(44-28-18-37(29-45(44)47)49(3,4)5)54(40-21-11-34(2)12-22-40)42-25-15-36(32-52)16-26-42/h33-48H,9-30H2,1-8H3. The van der Waals surface area contributed by atoms with Crippen molar-refractivity contribution >= 4 is 0 Å². The van der Waals surface area contributed by atoms with E-state index in [0.717, 1.165) is 85.1 Å². The molecule has 304 valence electrons. The lowest BCUT2D eigenvalue weighted by molar-refractivity contribution is -0.165. The molecule has 0 N–H and O–H groups in total. The van der Waals surface area contributed by atoms with Gasteiger partial charge in [0.1, 0.15) is 0 Å². The highest BCUT2D eigenvalue weighted by Crippen LogP contribution is 2.60. The molecule has 8 atom stereocenters. The lowest BCUT2D eigenvalue weighted by atomic mass is 9.49. The molecule has 7 rings (SSSR count). The molecule has 0 aromatic rings. The summed E-state index contributed by atoms with van der Waals surface area (Å²) in [6.45, 7) is 20.4. The number of hydrogen-bond acceptors (Lipinski definition) is 4. The summed E-state index contributed by atoms with van der Waals surface area (Å²) >= 11 is 0. The maximum Gasteiger partial charge on any atom is 0.0655 e. The predicted molar refractivity (Wildman–Crippen MR) is 224 cm³/mol. The van der Waals surface area contributed by atoms with Crippen LogP contribution in [0.25, 0.3) is 0 Å². The molecule has 0 heterocycles. The highest BCUT2D eigenvalue weighted by atomic mass is 15.3. The third kappa shape index (κ3) is 8.67. The Labute approximate surface area is 334 Å². The first-order valence-corrected chi connectivity index (χ1v) is 24.1. The summed E-state index contributed by atoms with van der Waals surface area (Å²) in [4.78, 5) is 6.69. The summed E-state index contributed by atoms with van der Waals surface area (Å²) < 4.78 is 0. The van der Waals surface area contributed by atoms with Crippen molar-refractivity contribution in [2.45, 2.75) is 233 Å². The van der Waals surface area contributed by atoms with E-state index < -0.39 is 0 Å². The van der Waals surface area contributed by atoms with Crippen LogP contribution in [0.4, 0.5) is 0 Å². The van der Waals surface area contributed by atoms with Gasteiger partial charge in [-0.2, -0.15) is 10.5 Å². The Morgan fingerprint density at radius 1 is 0.389 bits per heavy atom. The number of hydrogen-bond donors (Lipinski definition) is 0. The summed E-state index contributed by atoms with van der Waals surface area (Å²) in [5.74, 6) is 7.07. The molecule has 4 nitrogen and oxygen atoms in total. The molecule has 0 radical (unpaired) electrons. The van der Waals surface area contributed by atoms with Gasteiger partial charge >= 0.3 is 0 Å². The summed E-state index contributed by atoms with van der Waals surface area (Å²) in [7, 11) is 0. The van der Waals surface area contributed by atoms with Crippen LogP contribution in [-0.2, 0) is 0 Å². The van der Waals surface area contributed by atoms with Gasteiger partial charge in [0, 0.05) is 48.1 Å². The van der Waals surface area contributed by atoms with Crippen LogP contribution in [0, 0.1) is 92.7 Å². The first kappa shape index (κ1) is 41.1. The molecule has 7 fully saturated rings. The molecule has 0 aliphatic heterocycles. The van der Waals surface area contributed by atoms with Gasteiger partial charge in [0.2, 0.25) is 0 Å². The van der Waals surface area contributed by atoms with Crippen molar-refractivity contribution in [2.75, 3.05) is 0 Å². The second kappa shape index (κ2) is 17.0. The average molecular weight is 741 g/mol. The van der Waals surface area contributed by atoms with Gasteiger partial charge < -0.3 is 0 Å². The third-order valence-electron chi connectivity index (χ3n) is 18.2. The lowest BCUT2D eigenvalue weighted by Crippen LogP contribution is -2.70. The largest absolute Gasteiger partial charge is 0.294 e. The number of rotatable bonds is 6. The van der Waals surface area contributed by atoms with Crippen LogP contribution in [0.5, 0.6) is 0 Å². The minimum Gasteiger partial charge on any atom is -0.294 e. The van der Waals surface area contributed by atoms with Crippen LogP contribution in [0.15, 0.2) is 0 Å². The van der Waals surface area contributed by atoms with Gasteiger partial charge in [0.25, 0.3) is 0 Å². The zero-order valence-electron chi connectivity index (χ0n) is 36.6. The molecule has 54 heavy (non-hydrogen) atoms. The smallest absolute Gasteiger partial charge is 0.0655 e. The van der Waals surface area contributed by atoms with Crippen LogP contribution in [0.1, 0.15) is 197 Å². The molecular formula is C50H84N4. The second-order valence-corrected chi connectivity index (χ2v) is 23.4. The third-order valence-corrected chi connectivity index (χ3v) is 18.2. The van der Waals surface area contributed by atoms with Gasteiger partial charge in [0.05, 0.1) is 12.1 Å². The Morgan fingerprint density at radius 2 is 0.685 bits per heavy atom. The Kier molecular flexibility index (Phi) is 12.9. The molecule has 7 aliphatic carbocycles. The Balaban J connectivity index is 1.34. The van der Waals surface area contributed by atoms with Crippen molar-refractivity contribution in [3.63, 3.8) is 0 Å². The summed E-state index contributed by atoms with van der Waals surface area (Å²) in [6, 6.07) is 9.66. The molecule has 4 heteroatoms.